The minimum Gasteiger partial charge on any atom is -0.507 e. The first-order chi connectivity index (χ1) is 13.0. The number of nitrogens with one attached hydrogen (secondary N) is 1. The van der Waals surface area contributed by atoms with Gasteiger partial charge in [-0.05, 0) is 49.7 Å². The second kappa shape index (κ2) is 9.96. The number of rotatable bonds is 8. The van der Waals surface area contributed by atoms with E-state index in [9.17, 15) is 14.7 Å². The van der Waals surface area contributed by atoms with Crippen molar-refractivity contribution in [1.29, 1.82) is 0 Å². The Morgan fingerprint density at radius 1 is 1.11 bits per heavy atom. The molecule has 2 N–H and O–H groups in total. The second-order valence-electron chi connectivity index (χ2n) is 5.70. The van der Waals surface area contributed by atoms with Gasteiger partial charge in [0, 0.05) is 5.56 Å². The van der Waals surface area contributed by atoms with Crippen molar-refractivity contribution in [2.24, 2.45) is 5.10 Å². The maximum atomic E-state index is 11.9. The van der Waals surface area contributed by atoms with E-state index in [1.165, 1.54) is 0 Å². The first-order valence-corrected chi connectivity index (χ1v) is 8.52. The zero-order valence-electron chi connectivity index (χ0n) is 15.3. The van der Waals surface area contributed by atoms with E-state index < -0.39 is 11.9 Å². The van der Waals surface area contributed by atoms with Crippen LogP contribution in [0.25, 0.3) is 0 Å². The third-order valence-corrected chi connectivity index (χ3v) is 3.54. The highest BCUT2D eigenvalue weighted by atomic mass is 16.5. The van der Waals surface area contributed by atoms with E-state index in [1.54, 1.807) is 55.5 Å². The van der Waals surface area contributed by atoms with Gasteiger partial charge in [-0.2, -0.15) is 5.10 Å². The number of carbonyl (C=O) groups is 2. The Bertz CT molecular complexity index is 815. The quantitative estimate of drug-likeness (QED) is 0.423. The minimum absolute atomic E-state index is 0.0850. The molecule has 0 fully saturated rings. The summed E-state index contributed by atoms with van der Waals surface area (Å²) in [7, 11) is 0. The lowest BCUT2D eigenvalue weighted by Gasteiger charge is -2.07. The van der Waals surface area contributed by atoms with Gasteiger partial charge in [0.2, 0.25) is 0 Å². The molecule has 2 aromatic rings. The number of aromatic hydroxyl groups is 1. The Hall–Kier alpha value is -3.35. The molecule has 0 saturated heterocycles. The highest BCUT2D eigenvalue weighted by Crippen LogP contribution is 2.16. The van der Waals surface area contributed by atoms with Crippen molar-refractivity contribution >= 4 is 17.6 Å². The van der Waals surface area contributed by atoms with Crippen molar-refractivity contribution in [1.82, 2.24) is 5.43 Å². The summed E-state index contributed by atoms with van der Waals surface area (Å²) in [6.45, 7) is 3.73. The van der Waals surface area contributed by atoms with Crippen LogP contribution in [-0.4, -0.2) is 35.9 Å². The van der Waals surface area contributed by atoms with E-state index >= 15 is 0 Å². The van der Waals surface area contributed by atoms with Crippen molar-refractivity contribution in [2.45, 2.75) is 20.3 Å². The Balaban J connectivity index is 1.84. The van der Waals surface area contributed by atoms with Gasteiger partial charge in [0.05, 0.1) is 17.9 Å². The number of carbonyl (C=O) groups excluding carboxylic acids is 2. The van der Waals surface area contributed by atoms with Crippen LogP contribution in [0.15, 0.2) is 53.6 Å². The first-order valence-electron chi connectivity index (χ1n) is 8.52. The number of esters is 1. The molecule has 27 heavy (non-hydrogen) atoms. The number of hydrogen-bond acceptors (Lipinski definition) is 6. The summed E-state index contributed by atoms with van der Waals surface area (Å²) in [5.74, 6) is -0.313. The lowest BCUT2D eigenvalue weighted by Crippen LogP contribution is -2.25. The molecule has 0 spiro atoms. The third kappa shape index (κ3) is 6.14. The number of ether oxygens (including phenoxy) is 2. The third-order valence-electron chi connectivity index (χ3n) is 3.54. The molecular weight excluding hydrogens is 348 g/mol. The Morgan fingerprint density at radius 2 is 1.81 bits per heavy atom. The molecule has 0 bridgehead atoms. The van der Waals surface area contributed by atoms with E-state index in [4.69, 9.17) is 9.47 Å². The van der Waals surface area contributed by atoms with Crippen LogP contribution in [0.3, 0.4) is 0 Å². The van der Waals surface area contributed by atoms with E-state index in [0.717, 1.165) is 6.42 Å². The molecule has 0 aromatic heterocycles. The first kappa shape index (κ1) is 20.0. The van der Waals surface area contributed by atoms with Gasteiger partial charge in [-0.15, -0.1) is 0 Å². The van der Waals surface area contributed by atoms with Crippen molar-refractivity contribution in [2.75, 3.05) is 13.2 Å². The average molecular weight is 370 g/mol. The number of nitrogens with zero attached hydrogens (tertiary/aromatic N) is 1. The molecule has 0 saturated carbocycles. The molecule has 0 atom stereocenters. The SMILES string of the molecule is CCCOC(=O)c1ccc(OCC(=O)NN=C(C)c2ccccc2O)cc1. The fraction of sp³-hybridized carbons (Fsp3) is 0.250. The van der Waals surface area contributed by atoms with E-state index in [2.05, 4.69) is 10.5 Å². The highest BCUT2D eigenvalue weighted by Gasteiger charge is 2.08. The summed E-state index contributed by atoms with van der Waals surface area (Å²) in [5.41, 5.74) is 3.79. The number of amides is 1. The van der Waals surface area contributed by atoms with Gasteiger partial charge in [0.25, 0.3) is 5.91 Å². The molecule has 0 heterocycles. The summed E-state index contributed by atoms with van der Waals surface area (Å²) < 4.78 is 10.4. The average Bonchev–Trinajstić information content (AvgIpc) is 2.69. The molecule has 7 nitrogen and oxygen atoms in total. The van der Waals surface area contributed by atoms with Crippen LogP contribution in [0.2, 0.25) is 0 Å². The molecule has 0 aliphatic carbocycles. The predicted octanol–water partition coefficient (Wildman–Crippen LogP) is 2.88. The fourth-order valence-corrected chi connectivity index (χ4v) is 2.13. The van der Waals surface area contributed by atoms with Crippen molar-refractivity contribution in [3.05, 3.63) is 59.7 Å². The van der Waals surface area contributed by atoms with Gasteiger partial charge >= 0.3 is 5.97 Å². The highest BCUT2D eigenvalue weighted by molar-refractivity contribution is 6.01. The molecule has 0 aliphatic rings. The molecule has 0 aliphatic heterocycles. The van der Waals surface area contributed by atoms with Gasteiger partial charge in [0.1, 0.15) is 11.5 Å². The lowest BCUT2D eigenvalue weighted by molar-refractivity contribution is -0.123. The van der Waals surface area contributed by atoms with Gasteiger partial charge < -0.3 is 14.6 Å². The molecule has 2 aromatic carbocycles. The Morgan fingerprint density at radius 3 is 2.48 bits per heavy atom. The number of phenols is 1. The molecule has 0 radical (unpaired) electrons. The maximum Gasteiger partial charge on any atom is 0.338 e. The molecular formula is C20H22N2O5. The molecule has 2 rings (SSSR count). The zero-order valence-corrected chi connectivity index (χ0v) is 15.3. The molecule has 7 heteroatoms. The number of para-hydroxylation sites is 1. The molecule has 142 valence electrons. The summed E-state index contributed by atoms with van der Waals surface area (Å²) >= 11 is 0. The smallest absolute Gasteiger partial charge is 0.338 e. The van der Waals surface area contributed by atoms with Crippen LogP contribution in [0.5, 0.6) is 11.5 Å². The largest absolute Gasteiger partial charge is 0.507 e. The van der Waals surface area contributed by atoms with Gasteiger partial charge in [-0.25, -0.2) is 10.2 Å². The number of hydrogen-bond donors (Lipinski definition) is 2. The molecule has 0 unspecified atom stereocenters. The summed E-state index contributed by atoms with van der Waals surface area (Å²) in [4.78, 5) is 23.6. The monoisotopic (exact) mass is 370 g/mol. The van der Waals surface area contributed by atoms with Gasteiger partial charge in [0.15, 0.2) is 6.61 Å². The second-order valence-corrected chi connectivity index (χ2v) is 5.70. The summed E-state index contributed by atoms with van der Waals surface area (Å²) in [6, 6.07) is 13.0. The predicted molar refractivity (Wildman–Crippen MR) is 101 cm³/mol. The lowest BCUT2D eigenvalue weighted by atomic mass is 10.1. The minimum atomic E-state index is -0.448. The van der Waals surface area contributed by atoms with Crippen molar-refractivity contribution < 1.29 is 24.2 Å². The zero-order chi connectivity index (χ0) is 19.6. The van der Waals surface area contributed by atoms with Crippen LogP contribution in [0, 0.1) is 0 Å². The van der Waals surface area contributed by atoms with Crippen LogP contribution >= 0.6 is 0 Å². The molecule has 1 amide bonds. The van der Waals surface area contributed by atoms with Crippen LogP contribution in [-0.2, 0) is 9.53 Å². The van der Waals surface area contributed by atoms with Crippen LogP contribution in [0.1, 0.15) is 36.2 Å². The van der Waals surface area contributed by atoms with Gasteiger partial charge in [-0.1, -0.05) is 19.1 Å². The van der Waals surface area contributed by atoms with E-state index in [-0.39, 0.29) is 12.4 Å². The van der Waals surface area contributed by atoms with Gasteiger partial charge in [-0.3, -0.25) is 4.79 Å². The number of benzene rings is 2. The topological polar surface area (TPSA) is 97.2 Å². The van der Waals surface area contributed by atoms with Crippen LogP contribution < -0.4 is 10.2 Å². The summed E-state index contributed by atoms with van der Waals surface area (Å²) in [5, 5.41) is 13.7. The van der Waals surface area contributed by atoms with E-state index in [1.807, 2.05) is 6.92 Å². The standard InChI is InChI=1S/C20H22N2O5/c1-3-12-26-20(25)15-8-10-16(11-9-15)27-13-19(24)22-21-14(2)17-6-4-5-7-18(17)23/h4-11,23H,3,12-13H2,1-2H3,(H,22,24). The van der Waals surface area contributed by atoms with E-state index in [0.29, 0.717) is 29.2 Å². The normalized spacial score (nSPS) is 11.0. The van der Waals surface area contributed by atoms with Crippen molar-refractivity contribution in [3.8, 4) is 11.5 Å². The van der Waals surface area contributed by atoms with Crippen molar-refractivity contribution in [3.63, 3.8) is 0 Å². The number of hydrazone groups is 1. The number of phenolic OH excluding ortho intramolecular Hbond substituents is 1. The summed E-state index contributed by atoms with van der Waals surface area (Å²) in [6.07, 6.45) is 0.758. The maximum absolute atomic E-state index is 11.9. The fourth-order valence-electron chi connectivity index (χ4n) is 2.13. The Labute approximate surface area is 157 Å². The van der Waals surface area contributed by atoms with Crippen LogP contribution in [0.4, 0.5) is 0 Å². The Kier molecular flexibility index (Phi) is 7.37.